The molecule has 0 saturated carbocycles. The smallest absolute Gasteiger partial charge is 1.00 e. The molecule has 1 atom stereocenters. The molecule has 73 valence electrons. The van der Waals surface area contributed by atoms with Crippen molar-refractivity contribution in [2.45, 2.75) is 25.0 Å². The summed E-state index contributed by atoms with van der Waals surface area (Å²) in [5.74, 6) is 0. The van der Waals surface area contributed by atoms with Gasteiger partial charge in [0.1, 0.15) is 0 Å². The molecule has 0 aromatic carbocycles. The maximum Gasteiger partial charge on any atom is -1.00 e. The van der Waals surface area contributed by atoms with Crippen LogP contribution in [-0.2, 0) is 20.4 Å². The van der Waals surface area contributed by atoms with Gasteiger partial charge in [-0.3, -0.25) is 0 Å². The predicted octanol–water partition coefficient (Wildman–Crippen LogP) is -3.10. The van der Waals surface area contributed by atoms with Crippen molar-refractivity contribution in [3.8, 4) is 0 Å². The van der Waals surface area contributed by atoms with E-state index >= 15 is 0 Å². The topological polar surface area (TPSA) is 0 Å². The zero-order valence-electron chi connectivity index (χ0n) is 7.81. The largest absolute Gasteiger partial charge is 1.00 e. The van der Waals surface area contributed by atoms with E-state index < -0.39 is 0 Å². The summed E-state index contributed by atoms with van der Waals surface area (Å²) in [6.07, 6.45) is 9.18. The monoisotopic (exact) mass is 271 g/mol. The first-order valence-electron chi connectivity index (χ1n) is 3.93. The van der Waals surface area contributed by atoms with E-state index in [-0.39, 0.29) is 24.8 Å². The van der Waals surface area contributed by atoms with E-state index in [2.05, 4.69) is 45.8 Å². The molecule has 0 aliphatic heterocycles. The average Bonchev–Trinajstić information content (AvgIpc) is 2.40. The standard InChI is InChI=1S/C9H13S.2ClH.Ti/c1-3-9(10-2)8-6-4-5-7-8;;;/h4,6,9H,3,5H2,1-2H3;2*1H;/q;;;+2/p-2. The number of halogens is 2. The van der Waals surface area contributed by atoms with Crippen molar-refractivity contribution >= 4 is 11.8 Å². The predicted molar refractivity (Wildman–Crippen MR) is 48.4 cm³/mol. The fraction of sp³-hybridized carbons (Fsp3) is 0.556. The molecule has 1 rings (SSSR count). The normalized spacial score (nSPS) is 16.6. The van der Waals surface area contributed by atoms with Crippen LogP contribution in [0.15, 0.2) is 21.6 Å². The summed E-state index contributed by atoms with van der Waals surface area (Å²) < 4.78 is 1.56. The summed E-state index contributed by atoms with van der Waals surface area (Å²) in [4.78, 5) is 0. The third kappa shape index (κ3) is 4.44. The minimum atomic E-state index is 0. The van der Waals surface area contributed by atoms with Gasteiger partial charge in [0, 0.05) is 0 Å². The zero-order valence-corrected chi connectivity index (χ0v) is 11.7. The second-order valence-electron chi connectivity index (χ2n) is 2.67. The van der Waals surface area contributed by atoms with Gasteiger partial charge in [0.2, 0.25) is 0 Å². The minimum Gasteiger partial charge on any atom is -1.00 e. The Morgan fingerprint density at radius 3 is 2.46 bits per heavy atom. The number of hydrogen-bond donors (Lipinski definition) is 0. The van der Waals surface area contributed by atoms with Gasteiger partial charge in [0.15, 0.2) is 0 Å². The molecular weight excluding hydrogens is 259 g/mol. The van der Waals surface area contributed by atoms with Crippen LogP contribution in [0.1, 0.15) is 19.8 Å². The van der Waals surface area contributed by atoms with Crippen molar-refractivity contribution < 1.29 is 45.2 Å². The van der Waals surface area contributed by atoms with Gasteiger partial charge in [0.25, 0.3) is 0 Å². The van der Waals surface area contributed by atoms with E-state index in [9.17, 15) is 0 Å². The summed E-state index contributed by atoms with van der Waals surface area (Å²) in [6, 6.07) is 0. The van der Waals surface area contributed by atoms with Crippen LogP contribution in [-0.4, -0.2) is 11.5 Å². The van der Waals surface area contributed by atoms with Crippen LogP contribution in [0.4, 0.5) is 0 Å². The third-order valence-electron chi connectivity index (χ3n) is 1.97. The van der Waals surface area contributed by atoms with Crippen LogP contribution in [0.25, 0.3) is 0 Å². The molecule has 0 aromatic heterocycles. The van der Waals surface area contributed by atoms with Crippen LogP contribution in [0.5, 0.6) is 0 Å². The molecule has 0 N–H and O–H groups in total. The summed E-state index contributed by atoms with van der Waals surface area (Å²) >= 11 is 4.21. The molecule has 0 radical (unpaired) electrons. The van der Waals surface area contributed by atoms with E-state index in [1.807, 2.05) is 11.8 Å². The van der Waals surface area contributed by atoms with E-state index in [4.69, 9.17) is 0 Å². The van der Waals surface area contributed by atoms with Gasteiger partial charge in [-0.1, -0.05) is 0 Å². The molecule has 13 heavy (non-hydrogen) atoms. The molecule has 0 heterocycles. The van der Waals surface area contributed by atoms with Crippen molar-refractivity contribution in [2.24, 2.45) is 0 Å². The molecule has 0 amide bonds. The Kier molecular flexibility index (Phi) is 10.7. The number of thioether (sulfide) groups is 1. The third-order valence-corrected chi connectivity index (χ3v) is 3.90. The molecule has 0 fully saturated rings. The average molecular weight is 272 g/mol. The van der Waals surface area contributed by atoms with Crippen LogP contribution in [0, 0.1) is 0 Å². The van der Waals surface area contributed by atoms with Crippen molar-refractivity contribution in [1.82, 2.24) is 0 Å². The maximum atomic E-state index is 2.29. The van der Waals surface area contributed by atoms with Crippen molar-refractivity contribution in [3.05, 3.63) is 21.6 Å². The van der Waals surface area contributed by atoms with E-state index in [0.29, 0.717) is 0 Å². The van der Waals surface area contributed by atoms with Crippen LogP contribution in [0.3, 0.4) is 0 Å². The Bertz CT molecular complexity index is 198. The van der Waals surface area contributed by atoms with Crippen molar-refractivity contribution in [3.63, 3.8) is 0 Å². The SMILES string of the molecule is CCC(SC)C1=[C]([Ti+2])CC=C1.[Cl-].[Cl-]. The Hall–Kier alpha value is 1.12. The first-order chi connectivity index (χ1) is 5.29. The van der Waals surface area contributed by atoms with Gasteiger partial charge in [-0.15, -0.1) is 0 Å². The van der Waals surface area contributed by atoms with E-state index in [1.165, 1.54) is 12.8 Å². The molecule has 0 saturated heterocycles. The van der Waals surface area contributed by atoms with Crippen LogP contribution in [0.2, 0.25) is 0 Å². The maximum absolute atomic E-state index is 2.29. The molecule has 1 unspecified atom stereocenters. The van der Waals surface area contributed by atoms with Gasteiger partial charge >= 0.3 is 85.1 Å². The molecule has 1 aliphatic rings. The van der Waals surface area contributed by atoms with Gasteiger partial charge in [-0.2, -0.15) is 0 Å². The second-order valence-corrected chi connectivity index (χ2v) is 4.66. The van der Waals surface area contributed by atoms with Gasteiger partial charge < -0.3 is 24.8 Å². The Balaban J connectivity index is 0. The quantitative estimate of drug-likeness (QED) is 0.490. The Labute approximate surface area is 109 Å². The van der Waals surface area contributed by atoms with Crippen molar-refractivity contribution in [2.75, 3.05) is 6.26 Å². The first kappa shape index (κ1) is 16.6. The molecule has 4 heteroatoms. The zero-order chi connectivity index (χ0) is 8.27. The van der Waals surface area contributed by atoms with E-state index in [0.717, 1.165) is 5.25 Å². The number of hydrogen-bond acceptors (Lipinski definition) is 1. The van der Waals surface area contributed by atoms with Gasteiger partial charge in [-0.25, -0.2) is 0 Å². The first-order valence-corrected chi connectivity index (χ1v) is 6.00. The summed E-state index contributed by atoms with van der Waals surface area (Å²) in [6.45, 7) is 2.26. The molecule has 0 bridgehead atoms. The summed E-state index contributed by atoms with van der Waals surface area (Å²) in [5.41, 5.74) is 1.57. The van der Waals surface area contributed by atoms with Crippen LogP contribution >= 0.6 is 11.8 Å². The minimum absolute atomic E-state index is 0. The molecule has 0 spiro atoms. The van der Waals surface area contributed by atoms with Gasteiger partial charge in [-0.05, 0) is 0 Å². The molecule has 1 aliphatic carbocycles. The van der Waals surface area contributed by atoms with Crippen molar-refractivity contribution in [1.29, 1.82) is 0 Å². The molecule has 0 nitrogen and oxygen atoms in total. The van der Waals surface area contributed by atoms with Crippen LogP contribution < -0.4 is 24.8 Å². The van der Waals surface area contributed by atoms with E-state index in [1.54, 1.807) is 9.45 Å². The Morgan fingerprint density at radius 2 is 2.15 bits per heavy atom. The second kappa shape index (κ2) is 8.43. The van der Waals surface area contributed by atoms with Gasteiger partial charge in [0.05, 0.1) is 0 Å². The Morgan fingerprint density at radius 1 is 1.54 bits per heavy atom. The summed E-state index contributed by atoms with van der Waals surface area (Å²) in [7, 11) is 0. The molecular formula is C9H13Cl2STi. The summed E-state index contributed by atoms with van der Waals surface area (Å²) in [5, 5.41) is 0.730. The molecule has 0 aromatic rings. The fourth-order valence-corrected chi connectivity index (χ4v) is 2.90. The number of allylic oxidation sites excluding steroid dienone is 3. The number of rotatable bonds is 3. The fourth-order valence-electron chi connectivity index (χ4n) is 1.34.